The summed E-state index contributed by atoms with van der Waals surface area (Å²) in [5.41, 5.74) is 2.34. The van der Waals surface area contributed by atoms with E-state index in [2.05, 4.69) is 18.8 Å². The van der Waals surface area contributed by atoms with Crippen LogP contribution >= 0.6 is 11.6 Å². The Morgan fingerprint density at radius 2 is 1.88 bits per heavy atom. The van der Waals surface area contributed by atoms with Crippen LogP contribution in [0.4, 0.5) is 5.69 Å². The molecule has 26 heavy (non-hydrogen) atoms. The summed E-state index contributed by atoms with van der Waals surface area (Å²) in [5, 5.41) is 10.9. The first kappa shape index (κ1) is 17.8. The van der Waals surface area contributed by atoms with Crippen LogP contribution in [0.5, 0.6) is 0 Å². The molecular weight excluding hydrogens is 356 g/mol. The third-order valence-corrected chi connectivity index (χ3v) is 4.23. The summed E-state index contributed by atoms with van der Waals surface area (Å²) in [6.07, 6.45) is 1.62. The van der Waals surface area contributed by atoms with E-state index in [1.54, 1.807) is 6.08 Å². The first-order chi connectivity index (χ1) is 12.3. The molecule has 132 valence electrons. The summed E-state index contributed by atoms with van der Waals surface area (Å²) in [4.78, 5) is 26.5. The zero-order valence-corrected chi connectivity index (χ0v) is 14.9. The molecule has 0 aromatic heterocycles. The topological polar surface area (TPSA) is 81.8 Å². The molecule has 1 aliphatic heterocycles. The second kappa shape index (κ2) is 7.09. The maximum absolute atomic E-state index is 12.1. The Labute approximate surface area is 154 Å². The van der Waals surface area contributed by atoms with Crippen LogP contribution in [-0.4, -0.2) is 16.8 Å². The van der Waals surface area contributed by atoms with Crippen molar-refractivity contribution in [2.45, 2.75) is 19.8 Å². The number of nitro groups is 1. The van der Waals surface area contributed by atoms with Gasteiger partial charge in [-0.3, -0.25) is 10.1 Å². The third kappa shape index (κ3) is 3.65. The molecule has 6 nitrogen and oxygen atoms in total. The number of benzene rings is 2. The Bertz CT molecular complexity index is 947. The highest BCUT2D eigenvalue weighted by Crippen LogP contribution is 2.27. The van der Waals surface area contributed by atoms with E-state index < -0.39 is 10.9 Å². The Balaban J connectivity index is 1.90. The van der Waals surface area contributed by atoms with Gasteiger partial charge in [-0.2, -0.15) is 0 Å². The minimum Gasteiger partial charge on any atom is -0.402 e. The van der Waals surface area contributed by atoms with E-state index in [9.17, 15) is 14.9 Å². The number of carbonyl (C=O) groups is 1. The van der Waals surface area contributed by atoms with E-state index in [1.807, 2.05) is 24.3 Å². The van der Waals surface area contributed by atoms with Gasteiger partial charge >= 0.3 is 5.97 Å². The fraction of sp³-hybridized carbons (Fsp3) is 0.158. The van der Waals surface area contributed by atoms with Crippen molar-refractivity contribution in [1.82, 2.24) is 0 Å². The van der Waals surface area contributed by atoms with Crippen LogP contribution < -0.4 is 0 Å². The van der Waals surface area contributed by atoms with E-state index in [0.29, 0.717) is 11.5 Å². The van der Waals surface area contributed by atoms with E-state index in [4.69, 9.17) is 16.3 Å². The lowest BCUT2D eigenvalue weighted by Crippen LogP contribution is -2.06. The van der Waals surface area contributed by atoms with Crippen molar-refractivity contribution in [2.75, 3.05) is 0 Å². The predicted octanol–water partition coefficient (Wildman–Crippen LogP) is 4.72. The number of nitro benzene ring substituents is 1. The number of aliphatic imine (C=N–C) groups is 1. The molecule has 0 fully saturated rings. The summed E-state index contributed by atoms with van der Waals surface area (Å²) in [7, 11) is 0. The van der Waals surface area contributed by atoms with Crippen molar-refractivity contribution in [3.63, 3.8) is 0 Å². The number of cyclic esters (lactones) is 1. The average molecular weight is 371 g/mol. The molecule has 7 heteroatoms. The minimum absolute atomic E-state index is 0.0277. The van der Waals surface area contributed by atoms with E-state index in [1.165, 1.54) is 23.8 Å². The van der Waals surface area contributed by atoms with Crippen LogP contribution in [0.15, 0.2) is 53.2 Å². The number of hydrogen-bond donors (Lipinski definition) is 0. The van der Waals surface area contributed by atoms with Crippen LogP contribution in [0.25, 0.3) is 6.08 Å². The molecule has 0 radical (unpaired) electrons. The van der Waals surface area contributed by atoms with Crippen molar-refractivity contribution >= 4 is 35.2 Å². The average Bonchev–Trinajstić information content (AvgIpc) is 2.95. The van der Waals surface area contributed by atoms with Crippen LogP contribution in [0.1, 0.15) is 36.5 Å². The van der Waals surface area contributed by atoms with Gasteiger partial charge in [0.1, 0.15) is 0 Å². The summed E-state index contributed by atoms with van der Waals surface area (Å²) >= 11 is 6.06. The van der Waals surface area contributed by atoms with Gasteiger partial charge in [-0.05, 0) is 29.2 Å². The number of esters is 1. The Morgan fingerprint density at radius 3 is 2.46 bits per heavy atom. The molecule has 3 rings (SSSR count). The molecule has 0 spiro atoms. The van der Waals surface area contributed by atoms with Gasteiger partial charge < -0.3 is 4.74 Å². The first-order valence-electron chi connectivity index (χ1n) is 7.92. The lowest BCUT2D eigenvalue weighted by molar-refractivity contribution is -0.384. The molecule has 2 aromatic rings. The molecule has 0 bridgehead atoms. The van der Waals surface area contributed by atoms with Gasteiger partial charge in [0, 0.05) is 12.1 Å². The van der Waals surface area contributed by atoms with Crippen molar-refractivity contribution < 1.29 is 14.5 Å². The standard InChI is InChI=1S/C19H15ClN2O4/c1-11(2)13-5-3-12(4-6-13)9-17-19(23)26-18(21-17)15-8-7-14(22(24)25)10-16(15)20/h3-11H,1-2H3/b17-9+. The van der Waals surface area contributed by atoms with E-state index in [0.717, 1.165) is 5.56 Å². The monoisotopic (exact) mass is 370 g/mol. The molecule has 0 atom stereocenters. The second-order valence-corrected chi connectivity index (χ2v) is 6.49. The molecule has 0 unspecified atom stereocenters. The highest BCUT2D eigenvalue weighted by molar-refractivity contribution is 6.34. The fourth-order valence-electron chi connectivity index (χ4n) is 2.45. The SMILES string of the molecule is CC(C)c1ccc(/C=C2/N=C(c3ccc([N+](=O)[O-])cc3Cl)OC2=O)cc1. The quantitative estimate of drug-likeness (QED) is 0.337. The zero-order valence-electron chi connectivity index (χ0n) is 14.1. The predicted molar refractivity (Wildman–Crippen MR) is 99.2 cm³/mol. The molecule has 2 aromatic carbocycles. The molecule has 1 heterocycles. The lowest BCUT2D eigenvalue weighted by atomic mass is 10.0. The van der Waals surface area contributed by atoms with Crippen LogP contribution in [0.2, 0.25) is 5.02 Å². The fourth-order valence-corrected chi connectivity index (χ4v) is 2.71. The summed E-state index contributed by atoms with van der Waals surface area (Å²) in [6, 6.07) is 11.7. The maximum atomic E-state index is 12.1. The first-order valence-corrected chi connectivity index (χ1v) is 8.30. The molecular formula is C19H15ClN2O4. The summed E-state index contributed by atoms with van der Waals surface area (Å²) in [5.74, 6) is -0.149. The third-order valence-electron chi connectivity index (χ3n) is 3.92. The Morgan fingerprint density at radius 1 is 1.19 bits per heavy atom. The lowest BCUT2D eigenvalue weighted by Gasteiger charge is -2.04. The molecule has 0 saturated heterocycles. The number of non-ortho nitro benzene ring substituents is 1. The van der Waals surface area contributed by atoms with Crippen LogP contribution in [0, 0.1) is 10.1 Å². The highest BCUT2D eigenvalue weighted by atomic mass is 35.5. The van der Waals surface area contributed by atoms with Crippen LogP contribution in [-0.2, 0) is 9.53 Å². The van der Waals surface area contributed by atoms with Crippen molar-refractivity contribution in [1.29, 1.82) is 0 Å². The van der Waals surface area contributed by atoms with E-state index in [-0.39, 0.29) is 22.3 Å². The zero-order chi connectivity index (χ0) is 18.8. The molecule has 0 amide bonds. The number of rotatable bonds is 4. The smallest absolute Gasteiger partial charge is 0.363 e. The van der Waals surface area contributed by atoms with Gasteiger partial charge in [0.05, 0.1) is 15.5 Å². The Hall–Kier alpha value is -2.99. The van der Waals surface area contributed by atoms with E-state index >= 15 is 0 Å². The normalized spacial score (nSPS) is 15.3. The number of ether oxygens (including phenoxy) is 1. The second-order valence-electron chi connectivity index (χ2n) is 6.08. The van der Waals surface area contributed by atoms with Crippen molar-refractivity contribution in [2.24, 2.45) is 4.99 Å². The van der Waals surface area contributed by atoms with Gasteiger partial charge in [0.15, 0.2) is 5.70 Å². The Kier molecular flexibility index (Phi) is 4.86. The summed E-state index contributed by atoms with van der Waals surface area (Å²) < 4.78 is 5.16. The molecule has 1 aliphatic rings. The van der Waals surface area contributed by atoms with Gasteiger partial charge in [-0.1, -0.05) is 49.7 Å². The molecule has 0 saturated carbocycles. The highest BCUT2D eigenvalue weighted by Gasteiger charge is 2.26. The number of carbonyl (C=O) groups excluding carboxylic acids is 1. The molecule has 0 N–H and O–H groups in total. The van der Waals surface area contributed by atoms with Crippen LogP contribution in [0.3, 0.4) is 0 Å². The maximum Gasteiger partial charge on any atom is 0.363 e. The number of nitrogens with zero attached hydrogens (tertiary/aromatic N) is 2. The summed E-state index contributed by atoms with van der Waals surface area (Å²) in [6.45, 7) is 4.21. The van der Waals surface area contributed by atoms with Gasteiger partial charge in [-0.15, -0.1) is 0 Å². The largest absolute Gasteiger partial charge is 0.402 e. The van der Waals surface area contributed by atoms with Crippen molar-refractivity contribution in [3.05, 3.63) is 80.0 Å². The minimum atomic E-state index is -0.595. The van der Waals surface area contributed by atoms with Gasteiger partial charge in [0.2, 0.25) is 5.90 Å². The van der Waals surface area contributed by atoms with Gasteiger partial charge in [0.25, 0.3) is 5.69 Å². The number of hydrogen-bond acceptors (Lipinski definition) is 5. The number of halogens is 1. The van der Waals surface area contributed by atoms with Gasteiger partial charge in [-0.25, -0.2) is 9.79 Å². The molecule has 0 aliphatic carbocycles. The van der Waals surface area contributed by atoms with Crippen molar-refractivity contribution in [3.8, 4) is 0 Å².